The normalized spacial score (nSPS) is 14.0. The summed E-state index contributed by atoms with van der Waals surface area (Å²) in [6.45, 7) is 1.55. The first-order valence-electron chi connectivity index (χ1n) is 6.62. The number of aromatic nitrogens is 4. The zero-order chi connectivity index (χ0) is 13.5. The predicted molar refractivity (Wildman–Crippen MR) is 76.2 cm³/mol. The molecule has 3 aromatic rings. The number of para-hydroxylation sites is 1. The first kappa shape index (κ1) is 11.2. The van der Waals surface area contributed by atoms with E-state index in [9.17, 15) is 4.79 Å². The van der Waals surface area contributed by atoms with Gasteiger partial charge in [0.25, 0.3) is 5.56 Å². The zero-order valence-corrected chi connectivity index (χ0v) is 10.8. The Morgan fingerprint density at radius 2 is 2.05 bits per heavy atom. The minimum atomic E-state index is -0.0284. The number of rotatable bonds is 1. The predicted octanol–water partition coefficient (Wildman–Crippen LogP) is 1.40. The molecule has 0 fully saturated rings. The first-order valence-corrected chi connectivity index (χ1v) is 6.62. The quantitative estimate of drug-likeness (QED) is 0.723. The minimum absolute atomic E-state index is 0.0284. The van der Waals surface area contributed by atoms with E-state index in [1.807, 2.05) is 30.3 Å². The van der Waals surface area contributed by atoms with Gasteiger partial charge < -0.3 is 5.32 Å². The highest BCUT2D eigenvalue weighted by Gasteiger charge is 2.17. The topological polar surface area (TPSA) is 64.7 Å². The fraction of sp³-hybridized carbons (Fsp3) is 0.214. The lowest BCUT2D eigenvalue weighted by Gasteiger charge is -2.18. The van der Waals surface area contributed by atoms with Gasteiger partial charge in [-0.2, -0.15) is 10.1 Å². The van der Waals surface area contributed by atoms with Gasteiger partial charge in [-0.1, -0.05) is 18.2 Å². The number of nitrogens with one attached hydrogen (secondary N) is 1. The number of hydrogen-bond acceptors (Lipinski definition) is 4. The number of hydrogen-bond donors (Lipinski definition) is 1. The van der Waals surface area contributed by atoms with Crippen molar-refractivity contribution in [2.45, 2.75) is 13.0 Å². The Morgan fingerprint density at radius 1 is 1.20 bits per heavy atom. The molecule has 0 unspecified atom stereocenters. The second-order valence-electron chi connectivity index (χ2n) is 4.80. The molecule has 0 spiro atoms. The molecule has 20 heavy (non-hydrogen) atoms. The van der Waals surface area contributed by atoms with Crippen molar-refractivity contribution in [2.24, 2.45) is 0 Å². The molecule has 4 rings (SSSR count). The van der Waals surface area contributed by atoms with Gasteiger partial charge in [0.2, 0.25) is 5.95 Å². The fourth-order valence-corrected chi connectivity index (χ4v) is 2.54. The van der Waals surface area contributed by atoms with Crippen molar-refractivity contribution >= 4 is 17.0 Å². The summed E-state index contributed by atoms with van der Waals surface area (Å²) >= 11 is 0. The third kappa shape index (κ3) is 1.54. The van der Waals surface area contributed by atoms with Crippen molar-refractivity contribution < 1.29 is 0 Å². The summed E-state index contributed by atoms with van der Waals surface area (Å²) in [7, 11) is 0. The van der Waals surface area contributed by atoms with Crippen molar-refractivity contribution in [3.8, 4) is 5.69 Å². The lowest BCUT2D eigenvalue weighted by molar-refractivity contribution is 0.601. The summed E-state index contributed by atoms with van der Waals surface area (Å²) in [5.74, 6) is 0.631. The van der Waals surface area contributed by atoms with Crippen molar-refractivity contribution in [2.75, 3.05) is 11.9 Å². The van der Waals surface area contributed by atoms with E-state index in [2.05, 4.69) is 15.4 Å². The Kier molecular flexibility index (Phi) is 2.35. The van der Waals surface area contributed by atoms with Crippen LogP contribution < -0.4 is 10.9 Å². The van der Waals surface area contributed by atoms with E-state index in [1.54, 1.807) is 15.4 Å². The van der Waals surface area contributed by atoms with Crippen LogP contribution in [0.15, 0.2) is 41.3 Å². The third-order valence-electron chi connectivity index (χ3n) is 3.53. The molecule has 1 aliphatic rings. The van der Waals surface area contributed by atoms with Crippen LogP contribution in [0.5, 0.6) is 0 Å². The van der Waals surface area contributed by atoms with E-state index in [-0.39, 0.29) is 5.56 Å². The molecule has 0 saturated heterocycles. The Morgan fingerprint density at radius 3 is 2.90 bits per heavy atom. The third-order valence-corrected chi connectivity index (χ3v) is 3.53. The van der Waals surface area contributed by atoms with Gasteiger partial charge in [0, 0.05) is 13.1 Å². The summed E-state index contributed by atoms with van der Waals surface area (Å²) in [5, 5.41) is 8.04. The highest BCUT2D eigenvalue weighted by atomic mass is 16.1. The molecule has 0 aliphatic carbocycles. The van der Waals surface area contributed by atoms with Crippen LogP contribution in [0.4, 0.5) is 5.95 Å². The van der Waals surface area contributed by atoms with Crippen LogP contribution in [0.25, 0.3) is 16.7 Å². The summed E-state index contributed by atoms with van der Waals surface area (Å²) < 4.78 is 3.39. The molecule has 6 nitrogen and oxygen atoms in total. The molecular formula is C14H13N5O. The number of anilines is 1. The van der Waals surface area contributed by atoms with Gasteiger partial charge in [0.05, 0.1) is 11.9 Å². The molecule has 0 saturated carbocycles. The van der Waals surface area contributed by atoms with E-state index in [4.69, 9.17) is 0 Å². The number of fused-ring (bicyclic) bond motifs is 2. The van der Waals surface area contributed by atoms with E-state index >= 15 is 0 Å². The molecule has 2 aromatic heterocycles. The minimum Gasteiger partial charge on any atom is -0.355 e. The van der Waals surface area contributed by atoms with Crippen molar-refractivity contribution in [1.82, 2.24) is 19.3 Å². The molecule has 3 heterocycles. The number of benzene rings is 1. The fourth-order valence-electron chi connectivity index (χ4n) is 2.54. The molecule has 1 aliphatic heterocycles. The maximum absolute atomic E-state index is 12.4. The largest absolute Gasteiger partial charge is 0.355 e. The SMILES string of the molecule is O=c1c2cnn(-c3ccccc3)c2nc2n1CCCN2. The molecule has 6 heteroatoms. The highest BCUT2D eigenvalue weighted by Crippen LogP contribution is 2.17. The Labute approximate surface area is 114 Å². The van der Waals surface area contributed by atoms with Crippen LogP contribution in [0.3, 0.4) is 0 Å². The van der Waals surface area contributed by atoms with E-state index in [1.165, 1.54) is 0 Å². The summed E-state index contributed by atoms with van der Waals surface area (Å²) in [6.07, 6.45) is 2.53. The Bertz CT molecular complexity index is 834. The van der Waals surface area contributed by atoms with E-state index < -0.39 is 0 Å². The first-order chi connectivity index (χ1) is 9.84. The average Bonchev–Trinajstić information content (AvgIpc) is 2.92. The second-order valence-corrected chi connectivity index (χ2v) is 4.80. The molecule has 1 aromatic carbocycles. The van der Waals surface area contributed by atoms with Gasteiger partial charge >= 0.3 is 0 Å². The van der Waals surface area contributed by atoms with Gasteiger partial charge in [-0.25, -0.2) is 4.68 Å². The van der Waals surface area contributed by atoms with Crippen LogP contribution in [-0.2, 0) is 6.54 Å². The van der Waals surface area contributed by atoms with Gasteiger partial charge in [-0.05, 0) is 18.6 Å². The molecular weight excluding hydrogens is 254 g/mol. The second kappa shape index (κ2) is 4.19. The van der Waals surface area contributed by atoms with E-state index in [0.717, 1.165) is 18.7 Å². The van der Waals surface area contributed by atoms with Gasteiger partial charge in [0.1, 0.15) is 5.39 Å². The summed E-state index contributed by atoms with van der Waals surface area (Å²) in [5.41, 5.74) is 1.47. The molecule has 0 amide bonds. The lowest BCUT2D eigenvalue weighted by Crippen LogP contribution is -2.30. The Hall–Kier alpha value is -2.63. The zero-order valence-electron chi connectivity index (χ0n) is 10.8. The van der Waals surface area contributed by atoms with E-state index in [0.29, 0.717) is 23.5 Å². The summed E-state index contributed by atoms with van der Waals surface area (Å²) in [6, 6.07) is 9.71. The number of nitrogens with zero attached hydrogens (tertiary/aromatic N) is 4. The molecule has 0 atom stereocenters. The van der Waals surface area contributed by atoms with Crippen LogP contribution in [0.1, 0.15) is 6.42 Å². The smallest absolute Gasteiger partial charge is 0.266 e. The lowest BCUT2D eigenvalue weighted by atomic mass is 10.3. The maximum Gasteiger partial charge on any atom is 0.266 e. The Balaban J connectivity index is 2.02. The molecule has 1 N–H and O–H groups in total. The highest BCUT2D eigenvalue weighted by molar-refractivity contribution is 5.76. The van der Waals surface area contributed by atoms with Crippen molar-refractivity contribution in [3.05, 3.63) is 46.9 Å². The maximum atomic E-state index is 12.4. The van der Waals surface area contributed by atoms with Crippen LogP contribution in [0.2, 0.25) is 0 Å². The van der Waals surface area contributed by atoms with Crippen LogP contribution in [-0.4, -0.2) is 25.9 Å². The monoisotopic (exact) mass is 267 g/mol. The van der Waals surface area contributed by atoms with Gasteiger partial charge in [-0.3, -0.25) is 9.36 Å². The molecule has 0 radical (unpaired) electrons. The van der Waals surface area contributed by atoms with Crippen molar-refractivity contribution in [1.29, 1.82) is 0 Å². The van der Waals surface area contributed by atoms with Gasteiger partial charge in [-0.15, -0.1) is 0 Å². The molecule has 100 valence electrons. The van der Waals surface area contributed by atoms with Crippen molar-refractivity contribution in [3.63, 3.8) is 0 Å². The van der Waals surface area contributed by atoms with Crippen LogP contribution in [0, 0.1) is 0 Å². The molecule has 0 bridgehead atoms. The average molecular weight is 267 g/mol. The van der Waals surface area contributed by atoms with Crippen LogP contribution >= 0.6 is 0 Å². The summed E-state index contributed by atoms with van der Waals surface area (Å²) in [4.78, 5) is 17.0. The standard InChI is InChI=1S/C14H13N5O/c20-13-11-9-16-19(10-5-2-1-3-6-10)12(11)17-14-15-7-4-8-18(13)14/h1-3,5-6,9H,4,7-8H2,(H,15,17). The van der Waals surface area contributed by atoms with Gasteiger partial charge in [0.15, 0.2) is 5.65 Å².